The minimum Gasteiger partial charge on any atom is -0.495 e. The second-order valence-electron chi connectivity index (χ2n) is 4.44. The number of halogens is 1. The van der Waals surface area contributed by atoms with Crippen molar-refractivity contribution >= 4 is 39.4 Å². The molecule has 106 valence electrons. The molecule has 0 atom stereocenters. The maximum atomic E-state index is 12.8. The molecule has 5 nitrogen and oxygen atoms in total. The SMILES string of the molecule is COc1ccccc1-n1c(N)nc2ccc(I)cc2c1=O. The quantitative estimate of drug-likeness (QED) is 0.680. The summed E-state index contributed by atoms with van der Waals surface area (Å²) in [5.41, 5.74) is 6.93. The van der Waals surface area contributed by atoms with Gasteiger partial charge in [0.1, 0.15) is 5.75 Å². The van der Waals surface area contributed by atoms with Crippen molar-refractivity contribution in [3.63, 3.8) is 0 Å². The van der Waals surface area contributed by atoms with E-state index >= 15 is 0 Å². The maximum absolute atomic E-state index is 12.8. The number of methoxy groups -OCH3 is 1. The molecule has 2 N–H and O–H groups in total. The zero-order chi connectivity index (χ0) is 15.0. The fraction of sp³-hybridized carbons (Fsp3) is 0.0667. The van der Waals surface area contributed by atoms with E-state index in [2.05, 4.69) is 27.6 Å². The molecule has 1 heterocycles. The third-order valence-corrected chi connectivity index (χ3v) is 3.85. The summed E-state index contributed by atoms with van der Waals surface area (Å²) >= 11 is 2.16. The zero-order valence-electron chi connectivity index (χ0n) is 11.2. The van der Waals surface area contributed by atoms with Gasteiger partial charge in [-0.25, -0.2) is 9.55 Å². The standard InChI is InChI=1S/C15H12IN3O2/c1-21-13-5-3-2-4-12(13)19-14(20)10-8-9(16)6-7-11(10)18-15(19)17/h2-8H,1H3,(H2,17,18). The van der Waals surface area contributed by atoms with E-state index in [-0.39, 0.29) is 11.5 Å². The number of fused-ring (bicyclic) bond motifs is 1. The van der Waals surface area contributed by atoms with E-state index in [4.69, 9.17) is 10.5 Å². The summed E-state index contributed by atoms with van der Waals surface area (Å²) in [6.45, 7) is 0. The average Bonchev–Trinajstić information content (AvgIpc) is 2.49. The van der Waals surface area contributed by atoms with E-state index in [1.807, 2.05) is 18.2 Å². The van der Waals surface area contributed by atoms with Crippen LogP contribution in [0.1, 0.15) is 0 Å². The van der Waals surface area contributed by atoms with Crippen LogP contribution < -0.4 is 16.0 Å². The van der Waals surface area contributed by atoms with Gasteiger partial charge < -0.3 is 10.5 Å². The number of benzene rings is 2. The monoisotopic (exact) mass is 393 g/mol. The summed E-state index contributed by atoms with van der Waals surface area (Å²) in [6.07, 6.45) is 0. The Morgan fingerprint density at radius 2 is 2.00 bits per heavy atom. The molecule has 0 bridgehead atoms. The van der Waals surface area contributed by atoms with Gasteiger partial charge in [0.15, 0.2) is 0 Å². The van der Waals surface area contributed by atoms with Crippen LogP contribution in [0.25, 0.3) is 16.6 Å². The molecule has 0 unspecified atom stereocenters. The maximum Gasteiger partial charge on any atom is 0.267 e. The molecule has 0 saturated carbocycles. The van der Waals surface area contributed by atoms with Crippen LogP contribution in [0.3, 0.4) is 0 Å². The lowest BCUT2D eigenvalue weighted by atomic mass is 10.2. The number of rotatable bonds is 2. The summed E-state index contributed by atoms with van der Waals surface area (Å²) < 4.78 is 7.64. The summed E-state index contributed by atoms with van der Waals surface area (Å²) in [7, 11) is 1.55. The van der Waals surface area contributed by atoms with Crippen LogP contribution in [0.15, 0.2) is 47.3 Å². The molecule has 0 aliphatic carbocycles. The number of hydrogen-bond donors (Lipinski definition) is 1. The number of nitrogen functional groups attached to an aromatic ring is 1. The smallest absolute Gasteiger partial charge is 0.267 e. The third-order valence-electron chi connectivity index (χ3n) is 3.18. The molecule has 1 aromatic heterocycles. The molecule has 0 aliphatic heterocycles. The highest BCUT2D eigenvalue weighted by molar-refractivity contribution is 14.1. The summed E-state index contributed by atoms with van der Waals surface area (Å²) in [4.78, 5) is 17.1. The molecule has 0 spiro atoms. The van der Waals surface area contributed by atoms with E-state index in [0.717, 1.165) is 3.57 Å². The molecule has 0 amide bonds. The normalized spacial score (nSPS) is 10.8. The number of ether oxygens (including phenoxy) is 1. The Bertz CT molecular complexity index is 890. The Morgan fingerprint density at radius 1 is 1.24 bits per heavy atom. The van der Waals surface area contributed by atoms with Crippen LogP contribution in [0.4, 0.5) is 5.95 Å². The Morgan fingerprint density at radius 3 is 2.76 bits per heavy atom. The van der Waals surface area contributed by atoms with Crippen LogP contribution in [0.5, 0.6) is 5.75 Å². The molecule has 0 saturated heterocycles. The number of nitrogens with zero attached hydrogens (tertiary/aromatic N) is 2. The van der Waals surface area contributed by atoms with E-state index < -0.39 is 0 Å². The fourth-order valence-electron chi connectivity index (χ4n) is 2.22. The first-order valence-electron chi connectivity index (χ1n) is 6.23. The molecule has 21 heavy (non-hydrogen) atoms. The van der Waals surface area contributed by atoms with Crippen molar-refractivity contribution in [2.24, 2.45) is 0 Å². The zero-order valence-corrected chi connectivity index (χ0v) is 13.4. The highest BCUT2D eigenvalue weighted by Gasteiger charge is 2.13. The second-order valence-corrected chi connectivity index (χ2v) is 5.69. The van der Waals surface area contributed by atoms with Gasteiger partial charge in [0.05, 0.1) is 23.7 Å². The molecular formula is C15H12IN3O2. The van der Waals surface area contributed by atoms with Gasteiger partial charge in [-0.05, 0) is 52.9 Å². The molecule has 0 fully saturated rings. The van der Waals surface area contributed by atoms with E-state index in [0.29, 0.717) is 22.3 Å². The van der Waals surface area contributed by atoms with Crippen molar-refractivity contribution < 1.29 is 4.74 Å². The average molecular weight is 393 g/mol. The fourth-order valence-corrected chi connectivity index (χ4v) is 2.71. The summed E-state index contributed by atoms with van der Waals surface area (Å²) in [5.74, 6) is 0.705. The van der Waals surface area contributed by atoms with Gasteiger partial charge in [-0.15, -0.1) is 0 Å². The summed E-state index contributed by atoms with van der Waals surface area (Å²) in [6, 6.07) is 12.7. The number of nitrogens with two attached hydrogens (primary N) is 1. The Balaban J connectivity index is 2.40. The van der Waals surface area contributed by atoms with Gasteiger partial charge in [-0.2, -0.15) is 0 Å². The second kappa shape index (κ2) is 5.36. The summed E-state index contributed by atoms with van der Waals surface area (Å²) in [5, 5.41) is 0.530. The van der Waals surface area contributed by atoms with Crippen molar-refractivity contribution in [1.82, 2.24) is 9.55 Å². The molecule has 3 aromatic rings. The number of para-hydroxylation sites is 2. The molecule has 0 aliphatic rings. The Labute approximate surface area is 134 Å². The van der Waals surface area contributed by atoms with Crippen LogP contribution in [-0.4, -0.2) is 16.7 Å². The van der Waals surface area contributed by atoms with Crippen molar-refractivity contribution in [2.75, 3.05) is 12.8 Å². The lowest BCUT2D eigenvalue weighted by Gasteiger charge is -2.13. The third kappa shape index (κ3) is 2.35. The minimum atomic E-state index is -0.208. The lowest BCUT2D eigenvalue weighted by Crippen LogP contribution is -2.23. The first kappa shape index (κ1) is 13.9. The predicted octanol–water partition coefficient (Wildman–Crippen LogP) is 2.58. The van der Waals surface area contributed by atoms with Crippen LogP contribution in [0.2, 0.25) is 0 Å². The molecular weight excluding hydrogens is 381 g/mol. The predicted molar refractivity (Wildman–Crippen MR) is 91.0 cm³/mol. The van der Waals surface area contributed by atoms with Gasteiger partial charge in [0.25, 0.3) is 5.56 Å². The van der Waals surface area contributed by atoms with Gasteiger partial charge in [-0.3, -0.25) is 4.79 Å². The van der Waals surface area contributed by atoms with Gasteiger partial charge >= 0.3 is 0 Å². The topological polar surface area (TPSA) is 70.1 Å². The van der Waals surface area contributed by atoms with Crippen LogP contribution in [0, 0.1) is 3.57 Å². The number of aromatic nitrogens is 2. The van der Waals surface area contributed by atoms with Crippen LogP contribution >= 0.6 is 22.6 Å². The van der Waals surface area contributed by atoms with Crippen molar-refractivity contribution in [1.29, 1.82) is 0 Å². The number of anilines is 1. The molecule has 3 rings (SSSR count). The van der Waals surface area contributed by atoms with Crippen molar-refractivity contribution in [3.8, 4) is 11.4 Å². The largest absolute Gasteiger partial charge is 0.495 e. The molecule has 2 aromatic carbocycles. The van der Waals surface area contributed by atoms with Gasteiger partial charge in [0.2, 0.25) is 5.95 Å². The Kier molecular flexibility index (Phi) is 3.54. The van der Waals surface area contributed by atoms with Gasteiger partial charge in [-0.1, -0.05) is 12.1 Å². The highest BCUT2D eigenvalue weighted by atomic mass is 127. The first-order chi connectivity index (χ1) is 10.1. The molecule has 6 heteroatoms. The van der Waals surface area contributed by atoms with Crippen LogP contribution in [-0.2, 0) is 0 Å². The lowest BCUT2D eigenvalue weighted by molar-refractivity contribution is 0.412. The first-order valence-corrected chi connectivity index (χ1v) is 7.31. The number of hydrogen-bond acceptors (Lipinski definition) is 4. The van der Waals surface area contributed by atoms with E-state index in [1.54, 1.807) is 31.4 Å². The van der Waals surface area contributed by atoms with Crippen molar-refractivity contribution in [2.45, 2.75) is 0 Å². The van der Waals surface area contributed by atoms with Crippen molar-refractivity contribution in [3.05, 3.63) is 56.4 Å². The van der Waals surface area contributed by atoms with E-state index in [1.165, 1.54) is 4.57 Å². The van der Waals surface area contributed by atoms with Gasteiger partial charge in [0, 0.05) is 3.57 Å². The Hall–Kier alpha value is -2.09. The highest BCUT2D eigenvalue weighted by Crippen LogP contribution is 2.23. The minimum absolute atomic E-state index is 0.137. The van der Waals surface area contributed by atoms with E-state index in [9.17, 15) is 4.79 Å². The molecule has 0 radical (unpaired) electrons.